The van der Waals surface area contributed by atoms with Crippen molar-refractivity contribution in [1.29, 1.82) is 0 Å². The van der Waals surface area contributed by atoms with Crippen LogP contribution in [0.5, 0.6) is 5.88 Å². The van der Waals surface area contributed by atoms with E-state index in [0.29, 0.717) is 0 Å². The molecule has 9 heteroatoms. The van der Waals surface area contributed by atoms with E-state index >= 15 is 0 Å². The Morgan fingerprint density at radius 1 is 1.47 bits per heavy atom. The van der Waals surface area contributed by atoms with Crippen molar-refractivity contribution in [2.24, 2.45) is 0 Å². The van der Waals surface area contributed by atoms with E-state index in [2.05, 4.69) is 10.1 Å². The predicted octanol–water partition coefficient (Wildman–Crippen LogP) is 1.76. The third kappa shape index (κ3) is 2.92. The molecule has 2 rings (SSSR count). The molecule has 0 aromatic carbocycles. The van der Waals surface area contributed by atoms with E-state index in [1.165, 1.54) is 18.3 Å². The lowest BCUT2D eigenvalue weighted by Gasteiger charge is -2.06. The summed E-state index contributed by atoms with van der Waals surface area (Å²) in [4.78, 5) is 14.8. The fourth-order valence-corrected chi connectivity index (χ4v) is 1.41. The Bertz CT molecular complexity index is 609. The first-order chi connectivity index (χ1) is 8.88. The van der Waals surface area contributed by atoms with Crippen molar-refractivity contribution in [3.8, 4) is 5.88 Å². The van der Waals surface area contributed by atoms with Gasteiger partial charge in [0.15, 0.2) is 5.65 Å². The first kappa shape index (κ1) is 13.1. The molecule has 0 aliphatic carbocycles. The maximum atomic E-state index is 12.0. The summed E-state index contributed by atoms with van der Waals surface area (Å²) < 4.78 is 41.7. The molecule has 0 atom stereocenters. The van der Waals surface area contributed by atoms with Crippen molar-refractivity contribution in [2.75, 3.05) is 6.61 Å². The molecule has 102 valence electrons. The Kier molecular flexibility index (Phi) is 3.28. The van der Waals surface area contributed by atoms with Crippen LogP contribution in [0.15, 0.2) is 18.3 Å². The zero-order chi connectivity index (χ0) is 14.0. The molecule has 0 radical (unpaired) electrons. The third-order valence-corrected chi connectivity index (χ3v) is 2.19. The van der Waals surface area contributed by atoms with Gasteiger partial charge in [0.05, 0.1) is 13.0 Å². The minimum Gasteiger partial charge on any atom is -0.476 e. The second-order valence-corrected chi connectivity index (χ2v) is 3.58. The zero-order valence-corrected chi connectivity index (χ0v) is 9.39. The smallest absolute Gasteiger partial charge is 0.392 e. The first-order valence-corrected chi connectivity index (χ1v) is 5.15. The van der Waals surface area contributed by atoms with Crippen LogP contribution in [0.25, 0.3) is 5.65 Å². The third-order valence-electron chi connectivity index (χ3n) is 2.19. The van der Waals surface area contributed by atoms with Gasteiger partial charge in [-0.3, -0.25) is 0 Å². The molecule has 0 aliphatic heterocycles. The van der Waals surface area contributed by atoms with Crippen LogP contribution in [0.3, 0.4) is 0 Å². The molecule has 2 aromatic rings. The number of rotatable bonds is 4. The van der Waals surface area contributed by atoms with Crippen molar-refractivity contribution in [3.63, 3.8) is 0 Å². The van der Waals surface area contributed by atoms with Crippen LogP contribution in [0.1, 0.15) is 16.9 Å². The molecular formula is C10H8F3N3O3. The van der Waals surface area contributed by atoms with Crippen LogP contribution in [0.4, 0.5) is 13.2 Å². The van der Waals surface area contributed by atoms with E-state index in [4.69, 9.17) is 9.84 Å². The predicted molar refractivity (Wildman–Crippen MR) is 56.1 cm³/mol. The minimum absolute atomic E-state index is 0.182. The number of aromatic nitrogens is 3. The van der Waals surface area contributed by atoms with Gasteiger partial charge in [0.2, 0.25) is 11.6 Å². The van der Waals surface area contributed by atoms with Gasteiger partial charge < -0.3 is 9.84 Å². The van der Waals surface area contributed by atoms with Gasteiger partial charge in [-0.15, -0.1) is 0 Å². The molecule has 0 spiro atoms. The number of carboxylic acids is 1. The van der Waals surface area contributed by atoms with E-state index in [1.807, 2.05) is 0 Å². The fourth-order valence-electron chi connectivity index (χ4n) is 1.41. The second-order valence-electron chi connectivity index (χ2n) is 3.58. The number of hydrogen-bond donors (Lipinski definition) is 1. The average molecular weight is 275 g/mol. The van der Waals surface area contributed by atoms with Crippen molar-refractivity contribution in [1.82, 2.24) is 14.6 Å². The van der Waals surface area contributed by atoms with Gasteiger partial charge in [0.1, 0.15) is 0 Å². The van der Waals surface area contributed by atoms with Crippen LogP contribution in [-0.2, 0) is 0 Å². The van der Waals surface area contributed by atoms with Crippen molar-refractivity contribution in [2.45, 2.75) is 12.6 Å². The number of carboxylic acid groups (broad SMARTS) is 1. The molecule has 0 fully saturated rings. The number of ether oxygens (including phenoxy) is 1. The van der Waals surface area contributed by atoms with Crippen LogP contribution in [0, 0.1) is 0 Å². The number of carbonyl (C=O) groups is 1. The van der Waals surface area contributed by atoms with Crippen molar-refractivity contribution in [3.05, 3.63) is 24.0 Å². The quantitative estimate of drug-likeness (QED) is 0.920. The topological polar surface area (TPSA) is 76.7 Å². The number of alkyl halides is 3. The molecule has 6 nitrogen and oxygen atoms in total. The fraction of sp³-hybridized carbons (Fsp3) is 0.300. The van der Waals surface area contributed by atoms with E-state index in [-0.39, 0.29) is 11.5 Å². The minimum atomic E-state index is -4.37. The maximum absolute atomic E-state index is 12.0. The lowest BCUT2D eigenvalue weighted by Crippen LogP contribution is -2.14. The second kappa shape index (κ2) is 4.75. The van der Waals surface area contributed by atoms with Crippen molar-refractivity contribution < 1.29 is 27.8 Å². The number of imidazole rings is 1. The number of fused-ring (bicyclic) bond motifs is 1. The average Bonchev–Trinajstić information content (AvgIpc) is 2.65. The summed E-state index contributed by atoms with van der Waals surface area (Å²) in [5.74, 6) is -1.76. The highest BCUT2D eigenvalue weighted by Gasteiger charge is 2.28. The van der Waals surface area contributed by atoms with Crippen LogP contribution < -0.4 is 4.74 Å². The zero-order valence-electron chi connectivity index (χ0n) is 9.39. The van der Waals surface area contributed by atoms with E-state index in [9.17, 15) is 18.0 Å². The molecule has 2 aromatic heterocycles. The molecular weight excluding hydrogens is 267 g/mol. The normalized spacial score (nSPS) is 11.7. The highest BCUT2D eigenvalue weighted by atomic mass is 19.4. The number of nitrogens with zero attached hydrogens (tertiary/aromatic N) is 3. The van der Waals surface area contributed by atoms with Crippen LogP contribution in [-0.4, -0.2) is 38.5 Å². The summed E-state index contributed by atoms with van der Waals surface area (Å²) in [5.41, 5.74) is -0.223. The Morgan fingerprint density at radius 3 is 2.84 bits per heavy atom. The molecule has 0 amide bonds. The van der Waals surface area contributed by atoms with Gasteiger partial charge in [-0.05, 0) is 12.1 Å². The molecule has 19 heavy (non-hydrogen) atoms. The van der Waals surface area contributed by atoms with E-state index in [1.54, 1.807) is 0 Å². The van der Waals surface area contributed by atoms with Gasteiger partial charge in [-0.25, -0.2) is 9.31 Å². The molecule has 0 saturated carbocycles. The Labute approximate surface area is 104 Å². The summed E-state index contributed by atoms with van der Waals surface area (Å²) in [6, 6.07) is 2.99. The summed E-state index contributed by atoms with van der Waals surface area (Å²) in [6.07, 6.45) is -4.23. The van der Waals surface area contributed by atoms with E-state index < -0.39 is 30.9 Å². The molecule has 2 heterocycles. The van der Waals surface area contributed by atoms with Gasteiger partial charge >= 0.3 is 12.1 Å². The largest absolute Gasteiger partial charge is 0.476 e. The monoisotopic (exact) mass is 275 g/mol. The Balaban J connectivity index is 2.27. The maximum Gasteiger partial charge on any atom is 0.392 e. The summed E-state index contributed by atoms with van der Waals surface area (Å²) in [5, 5.41) is 12.8. The number of halogens is 3. The van der Waals surface area contributed by atoms with Crippen LogP contribution in [0.2, 0.25) is 0 Å². The molecule has 0 aliphatic rings. The lowest BCUT2D eigenvalue weighted by molar-refractivity contribution is -0.139. The molecule has 0 bridgehead atoms. The first-order valence-electron chi connectivity index (χ1n) is 5.15. The van der Waals surface area contributed by atoms with Gasteiger partial charge in [0.25, 0.3) is 0 Å². The van der Waals surface area contributed by atoms with Crippen molar-refractivity contribution >= 4 is 11.6 Å². The van der Waals surface area contributed by atoms with Gasteiger partial charge in [-0.1, -0.05) is 0 Å². The summed E-state index contributed by atoms with van der Waals surface area (Å²) in [7, 11) is 0. The van der Waals surface area contributed by atoms with Gasteiger partial charge in [-0.2, -0.15) is 23.3 Å². The Morgan fingerprint density at radius 2 is 2.21 bits per heavy atom. The van der Waals surface area contributed by atoms with E-state index in [0.717, 1.165) is 4.52 Å². The molecule has 0 unspecified atom stereocenters. The number of aromatic carboxylic acids is 1. The highest BCUT2D eigenvalue weighted by Crippen LogP contribution is 2.22. The number of hydrogen-bond acceptors (Lipinski definition) is 4. The Hall–Kier alpha value is -2.32. The molecule has 0 saturated heterocycles. The SMILES string of the molecule is O=C(O)c1c(OCCC(F)(F)F)nc2cccnn12. The summed E-state index contributed by atoms with van der Waals surface area (Å²) in [6.45, 7) is -0.701. The van der Waals surface area contributed by atoms with Gasteiger partial charge in [0, 0.05) is 6.20 Å². The van der Waals surface area contributed by atoms with Crippen LogP contribution >= 0.6 is 0 Å². The summed E-state index contributed by atoms with van der Waals surface area (Å²) >= 11 is 0. The highest BCUT2D eigenvalue weighted by molar-refractivity contribution is 5.89. The molecule has 1 N–H and O–H groups in total. The lowest BCUT2D eigenvalue weighted by atomic mass is 10.4. The standard InChI is InChI=1S/C10H8F3N3O3/c11-10(12,13)3-5-19-8-7(9(17)18)16-6(15-8)2-1-4-14-16/h1-2,4H,3,5H2,(H,17,18).